The van der Waals surface area contributed by atoms with Gasteiger partial charge in [0.1, 0.15) is 23.3 Å². The van der Waals surface area contributed by atoms with E-state index < -0.39 is 12.0 Å². The predicted octanol–water partition coefficient (Wildman–Crippen LogP) is 3.60. The maximum atomic E-state index is 13.2. The number of nitrogens with zero attached hydrogens (tertiary/aromatic N) is 2. The van der Waals surface area contributed by atoms with E-state index in [9.17, 15) is 9.18 Å². The summed E-state index contributed by atoms with van der Waals surface area (Å²) >= 11 is 0. The van der Waals surface area contributed by atoms with Crippen LogP contribution < -0.4 is 0 Å². The number of carbonyl (C=O) groups is 1. The monoisotopic (exact) mass is 334 g/mol. The van der Waals surface area contributed by atoms with Gasteiger partial charge in [0.25, 0.3) is 0 Å². The molecule has 1 aromatic carbocycles. The lowest BCUT2D eigenvalue weighted by Crippen LogP contribution is -2.36. The largest absolute Gasteiger partial charge is 0.480 e. The highest BCUT2D eigenvalue weighted by molar-refractivity contribution is 5.72. The fourth-order valence-electron chi connectivity index (χ4n) is 2.43. The molecule has 1 heterocycles. The zero-order valence-electron chi connectivity index (χ0n) is 14.0. The van der Waals surface area contributed by atoms with Gasteiger partial charge < -0.3 is 9.63 Å². The van der Waals surface area contributed by atoms with E-state index >= 15 is 0 Å². The smallest absolute Gasteiger partial charge is 0.320 e. The van der Waals surface area contributed by atoms with Crippen molar-refractivity contribution in [2.45, 2.75) is 38.6 Å². The molecule has 24 heavy (non-hydrogen) atoms. The molecule has 1 atom stereocenters. The summed E-state index contributed by atoms with van der Waals surface area (Å²) in [6.45, 7) is 2.43. The van der Waals surface area contributed by atoms with E-state index in [-0.39, 0.29) is 5.82 Å². The van der Waals surface area contributed by atoms with Gasteiger partial charge in [-0.25, -0.2) is 4.39 Å². The van der Waals surface area contributed by atoms with Crippen molar-refractivity contribution in [1.82, 2.24) is 10.1 Å². The van der Waals surface area contributed by atoms with Gasteiger partial charge in [0.2, 0.25) is 0 Å². The molecule has 0 fully saturated rings. The molecule has 5 nitrogen and oxygen atoms in total. The van der Waals surface area contributed by atoms with Crippen LogP contribution in [0.2, 0.25) is 0 Å². The molecule has 0 amide bonds. The lowest BCUT2D eigenvalue weighted by atomic mass is 10.1. The average molecular weight is 334 g/mol. The second kappa shape index (κ2) is 8.59. The van der Waals surface area contributed by atoms with Crippen LogP contribution in [0, 0.1) is 5.82 Å². The van der Waals surface area contributed by atoms with Gasteiger partial charge in [-0.15, -0.1) is 0 Å². The summed E-state index contributed by atoms with van der Waals surface area (Å²) in [6, 6.07) is 7.65. The maximum Gasteiger partial charge on any atom is 0.320 e. The van der Waals surface area contributed by atoms with Crippen LogP contribution in [0.15, 0.2) is 34.9 Å². The number of aryl methyl sites for hydroxylation is 1. The summed E-state index contributed by atoms with van der Waals surface area (Å²) in [5.74, 6) is -0.317. The van der Waals surface area contributed by atoms with Crippen molar-refractivity contribution in [3.8, 4) is 11.3 Å². The molecule has 0 saturated carbocycles. The van der Waals surface area contributed by atoms with E-state index in [1.54, 1.807) is 19.1 Å². The summed E-state index contributed by atoms with van der Waals surface area (Å²) in [5, 5.41) is 12.9. The number of hydrogen-bond acceptors (Lipinski definition) is 4. The van der Waals surface area contributed by atoms with Crippen LogP contribution in [-0.4, -0.2) is 40.8 Å². The standard InChI is InChI=1S/C18H23FN2O3/c1-13(18(22)23)21(2)10-5-3-4-9-16-12-17(20-24-16)14-7-6-8-15(19)11-14/h6-8,11-13H,3-5,9-10H2,1-2H3,(H,22,23). The van der Waals surface area contributed by atoms with E-state index in [2.05, 4.69) is 5.16 Å². The van der Waals surface area contributed by atoms with E-state index in [0.29, 0.717) is 11.3 Å². The molecular formula is C18H23FN2O3. The topological polar surface area (TPSA) is 66.6 Å². The number of benzene rings is 1. The molecule has 0 aliphatic rings. The molecule has 2 rings (SSSR count). The number of hydrogen-bond donors (Lipinski definition) is 1. The van der Waals surface area contributed by atoms with Crippen LogP contribution in [0.4, 0.5) is 4.39 Å². The Hall–Kier alpha value is -2.21. The number of aromatic nitrogens is 1. The zero-order chi connectivity index (χ0) is 17.5. The SMILES string of the molecule is CC(C(=O)O)N(C)CCCCCc1cc(-c2cccc(F)c2)no1. The molecule has 130 valence electrons. The second-order valence-electron chi connectivity index (χ2n) is 5.99. The number of halogens is 1. The Balaban J connectivity index is 1.73. The minimum atomic E-state index is -0.802. The molecule has 6 heteroatoms. The molecular weight excluding hydrogens is 311 g/mol. The Labute approximate surface area is 141 Å². The second-order valence-corrected chi connectivity index (χ2v) is 5.99. The zero-order valence-corrected chi connectivity index (χ0v) is 14.0. The fourth-order valence-corrected chi connectivity index (χ4v) is 2.43. The fraction of sp³-hybridized carbons (Fsp3) is 0.444. The summed E-state index contributed by atoms with van der Waals surface area (Å²) in [5.41, 5.74) is 1.34. The van der Waals surface area contributed by atoms with Crippen molar-refractivity contribution in [2.75, 3.05) is 13.6 Å². The van der Waals surface area contributed by atoms with Gasteiger partial charge in [0.15, 0.2) is 0 Å². The van der Waals surface area contributed by atoms with E-state index in [1.165, 1.54) is 12.1 Å². The highest BCUT2D eigenvalue weighted by Gasteiger charge is 2.15. The minimum Gasteiger partial charge on any atom is -0.480 e. The van der Waals surface area contributed by atoms with Crippen molar-refractivity contribution in [3.05, 3.63) is 41.9 Å². The van der Waals surface area contributed by atoms with Crippen molar-refractivity contribution in [2.24, 2.45) is 0 Å². The summed E-state index contributed by atoms with van der Waals surface area (Å²) in [7, 11) is 1.82. The molecule has 0 radical (unpaired) electrons. The number of rotatable bonds is 9. The Bertz CT molecular complexity index is 672. The molecule has 1 aromatic heterocycles. The van der Waals surface area contributed by atoms with Gasteiger partial charge in [0, 0.05) is 18.1 Å². The quantitative estimate of drug-likeness (QED) is 0.710. The van der Waals surface area contributed by atoms with E-state index in [0.717, 1.165) is 38.0 Å². The third-order valence-corrected chi connectivity index (χ3v) is 4.13. The number of carboxylic acid groups (broad SMARTS) is 1. The Kier molecular flexibility index (Phi) is 6.49. The third-order valence-electron chi connectivity index (χ3n) is 4.13. The van der Waals surface area contributed by atoms with Gasteiger partial charge in [-0.3, -0.25) is 9.69 Å². The number of likely N-dealkylation sites (N-methyl/N-ethyl adjacent to an activating group) is 1. The summed E-state index contributed by atoms with van der Waals surface area (Å²) < 4.78 is 18.5. The Morgan fingerprint density at radius 2 is 2.12 bits per heavy atom. The normalized spacial score (nSPS) is 12.5. The first kappa shape index (κ1) is 18.1. The van der Waals surface area contributed by atoms with Crippen LogP contribution in [0.3, 0.4) is 0 Å². The van der Waals surface area contributed by atoms with Gasteiger partial charge in [-0.2, -0.15) is 0 Å². The molecule has 0 bridgehead atoms. The van der Waals surface area contributed by atoms with Crippen molar-refractivity contribution in [1.29, 1.82) is 0 Å². The molecule has 0 spiro atoms. The molecule has 0 saturated heterocycles. The number of unbranched alkanes of at least 4 members (excludes halogenated alkanes) is 2. The molecule has 1 N–H and O–H groups in total. The average Bonchev–Trinajstić information content (AvgIpc) is 3.02. The van der Waals surface area contributed by atoms with Gasteiger partial charge in [0.05, 0.1) is 0 Å². The van der Waals surface area contributed by atoms with Gasteiger partial charge in [-0.05, 0) is 45.5 Å². The number of aliphatic carboxylic acids is 1. The van der Waals surface area contributed by atoms with Crippen molar-refractivity contribution < 1.29 is 18.8 Å². The van der Waals surface area contributed by atoms with Crippen LogP contribution in [0.5, 0.6) is 0 Å². The van der Waals surface area contributed by atoms with E-state index in [1.807, 2.05) is 18.0 Å². The summed E-state index contributed by atoms with van der Waals surface area (Å²) in [6.07, 6.45) is 3.61. The summed E-state index contributed by atoms with van der Waals surface area (Å²) in [4.78, 5) is 12.7. The van der Waals surface area contributed by atoms with Gasteiger partial charge >= 0.3 is 5.97 Å². The first-order chi connectivity index (χ1) is 11.5. The Morgan fingerprint density at radius 1 is 1.33 bits per heavy atom. The van der Waals surface area contributed by atoms with Crippen LogP contribution >= 0.6 is 0 Å². The number of carboxylic acids is 1. The first-order valence-corrected chi connectivity index (χ1v) is 8.12. The van der Waals surface area contributed by atoms with Crippen LogP contribution in [0.25, 0.3) is 11.3 Å². The van der Waals surface area contributed by atoms with Crippen LogP contribution in [-0.2, 0) is 11.2 Å². The minimum absolute atomic E-state index is 0.295. The van der Waals surface area contributed by atoms with E-state index in [4.69, 9.17) is 9.63 Å². The molecule has 2 aromatic rings. The molecule has 1 unspecified atom stereocenters. The molecule has 0 aliphatic heterocycles. The predicted molar refractivity (Wildman–Crippen MR) is 89.2 cm³/mol. The highest BCUT2D eigenvalue weighted by atomic mass is 19.1. The Morgan fingerprint density at radius 3 is 2.83 bits per heavy atom. The maximum absolute atomic E-state index is 13.2. The van der Waals surface area contributed by atoms with Crippen molar-refractivity contribution >= 4 is 5.97 Å². The first-order valence-electron chi connectivity index (χ1n) is 8.12. The lowest BCUT2D eigenvalue weighted by molar-refractivity contribution is -0.142. The lowest BCUT2D eigenvalue weighted by Gasteiger charge is -2.20. The van der Waals surface area contributed by atoms with Gasteiger partial charge in [-0.1, -0.05) is 23.7 Å². The van der Waals surface area contributed by atoms with Crippen LogP contribution in [0.1, 0.15) is 31.9 Å². The highest BCUT2D eigenvalue weighted by Crippen LogP contribution is 2.20. The molecule has 0 aliphatic carbocycles. The van der Waals surface area contributed by atoms with Crippen molar-refractivity contribution in [3.63, 3.8) is 0 Å². The third kappa shape index (κ3) is 5.16.